The molecule has 3 aliphatic rings. The Hall–Kier alpha value is -2.89. The molecule has 39 heavy (non-hydrogen) atoms. The lowest BCUT2D eigenvalue weighted by atomic mass is 9.63. The van der Waals surface area contributed by atoms with E-state index in [-0.39, 0.29) is 22.4 Å². The van der Waals surface area contributed by atoms with E-state index in [9.17, 15) is 9.59 Å². The van der Waals surface area contributed by atoms with Crippen molar-refractivity contribution in [2.24, 2.45) is 10.8 Å². The number of halogens is 1. The van der Waals surface area contributed by atoms with Gasteiger partial charge in [-0.15, -0.1) is 0 Å². The predicted molar refractivity (Wildman–Crippen MR) is 154 cm³/mol. The van der Waals surface area contributed by atoms with E-state index >= 15 is 0 Å². The van der Waals surface area contributed by atoms with Crippen LogP contribution in [0.5, 0.6) is 5.75 Å². The summed E-state index contributed by atoms with van der Waals surface area (Å²) < 4.78 is 11.9. The van der Waals surface area contributed by atoms with Crippen LogP contribution in [0.25, 0.3) is 0 Å². The number of allylic oxidation sites excluding steroid dienone is 4. The zero-order chi connectivity index (χ0) is 27.9. The zero-order valence-electron chi connectivity index (χ0n) is 23.6. The van der Waals surface area contributed by atoms with Crippen molar-refractivity contribution >= 4 is 23.2 Å². The second-order valence-corrected chi connectivity index (χ2v) is 13.1. The summed E-state index contributed by atoms with van der Waals surface area (Å²) in [6, 6.07) is 15.5. The van der Waals surface area contributed by atoms with Crippen molar-refractivity contribution in [2.45, 2.75) is 65.9 Å². The summed E-state index contributed by atoms with van der Waals surface area (Å²) in [5.74, 6) is 0.481. The van der Waals surface area contributed by atoms with E-state index in [4.69, 9.17) is 21.1 Å². The molecule has 0 unspecified atom stereocenters. The summed E-state index contributed by atoms with van der Waals surface area (Å²) in [6.45, 7) is 10.1. The number of hydrogen-bond donors (Lipinski definition) is 0. The van der Waals surface area contributed by atoms with Gasteiger partial charge in [0.05, 0.1) is 6.61 Å². The lowest BCUT2D eigenvalue weighted by Gasteiger charge is -2.49. The first-order valence-electron chi connectivity index (χ1n) is 13.7. The molecule has 0 atom stereocenters. The minimum atomic E-state index is -0.442. The number of hydrogen-bond acceptors (Lipinski definition) is 5. The van der Waals surface area contributed by atoms with Gasteiger partial charge in [0.2, 0.25) is 0 Å². The van der Waals surface area contributed by atoms with Gasteiger partial charge in [0, 0.05) is 65.5 Å². The Kier molecular flexibility index (Phi) is 7.51. The second-order valence-electron chi connectivity index (χ2n) is 12.6. The van der Waals surface area contributed by atoms with Crippen LogP contribution in [0.1, 0.15) is 70.4 Å². The predicted octanol–water partition coefficient (Wildman–Crippen LogP) is 7.25. The quantitative estimate of drug-likeness (QED) is 0.365. The molecule has 2 aliphatic carbocycles. The van der Waals surface area contributed by atoms with Gasteiger partial charge in [0.1, 0.15) is 12.4 Å². The monoisotopic (exact) mass is 547 g/mol. The number of para-hydroxylation sites is 1. The van der Waals surface area contributed by atoms with Crippen LogP contribution in [0.2, 0.25) is 5.02 Å². The molecule has 0 fully saturated rings. The molecule has 2 aromatic carbocycles. The van der Waals surface area contributed by atoms with Crippen molar-refractivity contribution < 1.29 is 19.1 Å². The van der Waals surface area contributed by atoms with Gasteiger partial charge in [0.25, 0.3) is 0 Å². The molecule has 5 rings (SSSR count). The van der Waals surface area contributed by atoms with Crippen molar-refractivity contribution in [1.82, 2.24) is 4.90 Å². The molecule has 0 bridgehead atoms. The number of ketones is 2. The SMILES string of the molecule is COCCN1C2=C(C(=O)CC(C)(C)C2)C(c2ccccc2OCc2ccc(Cl)cc2)C2=C1CC(C)(C)CC2=O. The number of carbonyl (C=O) groups excluding carboxylic acids is 2. The average Bonchev–Trinajstić information content (AvgIpc) is 2.85. The van der Waals surface area contributed by atoms with Crippen LogP contribution in [-0.4, -0.2) is 36.7 Å². The normalized spacial score (nSPS) is 20.7. The van der Waals surface area contributed by atoms with Crippen LogP contribution in [-0.2, 0) is 20.9 Å². The van der Waals surface area contributed by atoms with Crippen LogP contribution in [0.15, 0.2) is 71.1 Å². The van der Waals surface area contributed by atoms with Gasteiger partial charge in [-0.3, -0.25) is 9.59 Å². The fourth-order valence-corrected chi connectivity index (χ4v) is 6.53. The molecule has 0 saturated carbocycles. The highest BCUT2D eigenvalue weighted by molar-refractivity contribution is 6.30. The third-order valence-electron chi connectivity index (χ3n) is 8.08. The molecule has 1 aliphatic heterocycles. The summed E-state index contributed by atoms with van der Waals surface area (Å²) in [7, 11) is 1.69. The maximum absolute atomic E-state index is 14.0. The molecule has 0 saturated heterocycles. The standard InChI is InChI=1S/C33H38ClNO4/c1-32(2)16-24-30(26(36)18-32)29(31-25(35(24)14-15-38-5)17-33(3,4)19-27(31)37)23-8-6-7-9-28(23)39-20-21-10-12-22(34)13-11-21/h6-13,29H,14-20H2,1-5H3. The Bertz CT molecular complexity index is 1300. The maximum Gasteiger partial charge on any atom is 0.162 e. The van der Waals surface area contributed by atoms with Gasteiger partial charge in [-0.05, 0) is 47.4 Å². The number of nitrogens with zero attached hydrogens (tertiary/aromatic N) is 1. The van der Waals surface area contributed by atoms with Gasteiger partial charge in [-0.25, -0.2) is 0 Å². The molecule has 6 heteroatoms. The Morgan fingerprint density at radius 2 is 1.41 bits per heavy atom. The molecule has 1 heterocycles. The molecular weight excluding hydrogens is 510 g/mol. The van der Waals surface area contributed by atoms with E-state index in [0.717, 1.165) is 46.5 Å². The van der Waals surface area contributed by atoms with Gasteiger partial charge in [-0.1, -0.05) is 69.6 Å². The highest BCUT2D eigenvalue weighted by Gasteiger charge is 2.49. The molecule has 2 aromatic rings. The Morgan fingerprint density at radius 1 is 0.846 bits per heavy atom. The lowest BCUT2D eigenvalue weighted by molar-refractivity contribution is -0.119. The molecule has 5 nitrogen and oxygen atoms in total. The maximum atomic E-state index is 14.0. The molecule has 0 aromatic heterocycles. The van der Waals surface area contributed by atoms with Crippen molar-refractivity contribution in [3.8, 4) is 5.75 Å². The van der Waals surface area contributed by atoms with Crippen molar-refractivity contribution in [1.29, 1.82) is 0 Å². The average molecular weight is 548 g/mol. The molecule has 206 valence electrons. The number of rotatable bonds is 7. The van der Waals surface area contributed by atoms with Crippen molar-refractivity contribution in [2.75, 3.05) is 20.3 Å². The van der Waals surface area contributed by atoms with E-state index in [1.165, 1.54) is 0 Å². The fraction of sp³-hybridized carbons (Fsp3) is 0.455. The number of Topliss-reactive ketones (excluding diaryl/α,β-unsaturated/α-hetero) is 2. The first kappa shape index (κ1) is 27.7. The highest BCUT2D eigenvalue weighted by atomic mass is 35.5. The summed E-state index contributed by atoms with van der Waals surface area (Å²) in [6.07, 6.45) is 2.45. The fourth-order valence-electron chi connectivity index (χ4n) is 6.40. The van der Waals surface area contributed by atoms with Crippen molar-refractivity contribution in [3.63, 3.8) is 0 Å². The summed E-state index contributed by atoms with van der Waals surface area (Å²) in [5.41, 5.74) is 5.11. The smallest absolute Gasteiger partial charge is 0.162 e. The lowest BCUT2D eigenvalue weighted by Crippen LogP contribution is -2.45. The van der Waals surface area contributed by atoms with Crippen LogP contribution in [0.4, 0.5) is 0 Å². The minimum absolute atomic E-state index is 0.116. The molecule has 0 N–H and O–H groups in total. The minimum Gasteiger partial charge on any atom is -0.489 e. The first-order valence-corrected chi connectivity index (χ1v) is 14.1. The first-order chi connectivity index (χ1) is 18.5. The van der Waals surface area contributed by atoms with Gasteiger partial charge < -0.3 is 14.4 Å². The highest BCUT2D eigenvalue weighted by Crippen LogP contribution is 2.55. The largest absolute Gasteiger partial charge is 0.489 e. The summed E-state index contributed by atoms with van der Waals surface area (Å²) in [5, 5.41) is 0.677. The topological polar surface area (TPSA) is 55.8 Å². The Labute approximate surface area is 236 Å². The van der Waals surface area contributed by atoms with E-state index < -0.39 is 5.92 Å². The van der Waals surface area contributed by atoms with E-state index in [0.29, 0.717) is 43.4 Å². The van der Waals surface area contributed by atoms with E-state index in [1.54, 1.807) is 7.11 Å². The van der Waals surface area contributed by atoms with Crippen LogP contribution in [0, 0.1) is 10.8 Å². The number of benzene rings is 2. The van der Waals surface area contributed by atoms with Gasteiger partial charge in [0.15, 0.2) is 11.6 Å². The third-order valence-corrected chi connectivity index (χ3v) is 8.33. The van der Waals surface area contributed by atoms with Crippen LogP contribution < -0.4 is 4.74 Å². The van der Waals surface area contributed by atoms with Crippen LogP contribution >= 0.6 is 11.6 Å². The Balaban J connectivity index is 1.66. The van der Waals surface area contributed by atoms with Crippen molar-refractivity contribution in [3.05, 3.63) is 87.2 Å². The van der Waals surface area contributed by atoms with Gasteiger partial charge in [-0.2, -0.15) is 0 Å². The summed E-state index contributed by atoms with van der Waals surface area (Å²) >= 11 is 6.07. The Morgan fingerprint density at radius 3 is 1.97 bits per heavy atom. The molecule has 0 amide bonds. The second kappa shape index (κ2) is 10.6. The molecule has 0 spiro atoms. The van der Waals surface area contributed by atoms with Gasteiger partial charge >= 0.3 is 0 Å². The molecule has 0 radical (unpaired) electrons. The summed E-state index contributed by atoms with van der Waals surface area (Å²) in [4.78, 5) is 30.2. The van der Waals surface area contributed by atoms with Crippen LogP contribution in [0.3, 0.4) is 0 Å². The number of ether oxygens (including phenoxy) is 2. The third kappa shape index (κ3) is 5.57. The van der Waals surface area contributed by atoms with E-state index in [2.05, 4.69) is 32.6 Å². The number of methoxy groups -OCH3 is 1. The molecular formula is C33H38ClNO4. The zero-order valence-corrected chi connectivity index (χ0v) is 24.4. The number of carbonyl (C=O) groups is 2. The van der Waals surface area contributed by atoms with E-state index in [1.807, 2.05) is 48.5 Å².